The fourth-order valence-electron chi connectivity index (χ4n) is 3.47. The Morgan fingerprint density at radius 3 is 2.59 bits per heavy atom. The summed E-state index contributed by atoms with van der Waals surface area (Å²) in [5.41, 5.74) is 1.32. The van der Waals surface area contributed by atoms with Crippen LogP contribution in [0.3, 0.4) is 0 Å². The Morgan fingerprint density at radius 1 is 1.03 bits per heavy atom. The van der Waals surface area contributed by atoms with Crippen LogP contribution in [0.1, 0.15) is 17.0 Å². The van der Waals surface area contributed by atoms with Gasteiger partial charge in [0.15, 0.2) is 17.4 Å². The van der Waals surface area contributed by atoms with E-state index in [0.29, 0.717) is 36.6 Å². The molecule has 4 rings (SSSR count). The van der Waals surface area contributed by atoms with Crippen LogP contribution in [-0.2, 0) is 0 Å². The molecule has 3 aromatic rings. The van der Waals surface area contributed by atoms with E-state index in [0.717, 1.165) is 12.5 Å². The number of hydrogen-bond acceptors (Lipinski definition) is 3. The Hall–Kier alpha value is -3.22. The van der Waals surface area contributed by atoms with E-state index >= 15 is 0 Å². The van der Waals surface area contributed by atoms with Crippen LogP contribution in [0.4, 0.5) is 18.9 Å². The molecule has 1 aliphatic rings. The molecule has 0 radical (unpaired) electrons. The zero-order valence-electron chi connectivity index (χ0n) is 15.5. The molecule has 1 amide bonds. The van der Waals surface area contributed by atoms with Crippen molar-refractivity contribution in [3.8, 4) is 11.3 Å². The third-order valence-electron chi connectivity index (χ3n) is 5.06. The molecule has 1 fully saturated rings. The molecule has 29 heavy (non-hydrogen) atoms. The minimum absolute atomic E-state index is 0.180. The molecule has 7 heteroatoms. The SMILES string of the molecule is O=C(NCC1CCN(c2ccc(F)c(F)c2)C1)c1ccc(-c2ccc(F)cc2)o1. The van der Waals surface area contributed by atoms with E-state index in [4.69, 9.17) is 4.42 Å². The average molecular weight is 400 g/mol. The maximum absolute atomic E-state index is 13.4. The lowest BCUT2D eigenvalue weighted by atomic mass is 10.1. The normalized spacial score (nSPS) is 16.2. The highest BCUT2D eigenvalue weighted by molar-refractivity contribution is 5.92. The molecule has 4 nitrogen and oxygen atoms in total. The quantitative estimate of drug-likeness (QED) is 0.680. The molecule has 1 aliphatic heterocycles. The van der Waals surface area contributed by atoms with Crippen LogP contribution < -0.4 is 10.2 Å². The molecule has 2 aromatic carbocycles. The predicted molar refractivity (Wildman–Crippen MR) is 103 cm³/mol. The molecule has 1 unspecified atom stereocenters. The van der Waals surface area contributed by atoms with Gasteiger partial charge in [0.05, 0.1) is 0 Å². The molecule has 0 aliphatic carbocycles. The molecule has 2 heterocycles. The van der Waals surface area contributed by atoms with Gasteiger partial charge in [-0.25, -0.2) is 13.2 Å². The number of carbonyl (C=O) groups is 1. The molecule has 0 saturated carbocycles. The van der Waals surface area contributed by atoms with Crippen molar-refractivity contribution in [3.05, 3.63) is 77.8 Å². The zero-order chi connectivity index (χ0) is 20.4. The predicted octanol–water partition coefficient (Wildman–Crippen LogP) is 4.62. The van der Waals surface area contributed by atoms with Crippen molar-refractivity contribution in [1.82, 2.24) is 5.32 Å². The summed E-state index contributed by atoms with van der Waals surface area (Å²) in [4.78, 5) is 14.3. The minimum atomic E-state index is -0.867. The van der Waals surface area contributed by atoms with Gasteiger partial charge < -0.3 is 14.6 Å². The number of carbonyl (C=O) groups excluding carboxylic acids is 1. The lowest BCUT2D eigenvalue weighted by Gasteiger charge is -2.19. The van der Waals surface area contributed by atoms with Crippen LogP contribution in [0.2, 0.25) is 0 Å². The summed E-state index contributed by atoms with van der Waals surface area (Å²) in [5.74, 6) is -1.54. The Balaban J connectivity index is 1.32. The van der Waals surface area contributed by atoms with E-state index in [1.165, 1.54) is 18.2 Å². The van der Waals surface area contributed by atoms with E-state index in [-0.39, 0.29) is 23.4 Å². The molecule has 150 valence electrons. The molecule has 1 aromatic heterocycles. The highest BCUT2D eigenvalue weighted by Crippen LogP contribution is 2.25. The van der Waals surface area contributed by atoms with Crippen LogP contribution in [0, 0.1) is 23.4 Å². The second kappa shape index (κ2) is 8.03. The number of furan rings is 1. The monoisotopic (exact) mass is 400 g/mol. The maximum Gasteiger partial charge on any atom is 0.287 e. The van der Waals surface area contributed by atoms with Gasteiger partial charge in [-0.05, 0) is 60.9 Å². The van der Waals surface area contributed by atoms with E-state index < -0.39 is 11.6 Å². The van der Waals surface area contributed by atoms with E-state index in [1.807, 2.05) is 4.90 Å². The molecular weight excluding hydrogens is 381 g/mol. The average Bonchev–Trinajstić information content (AvgIpc) is 3.39. The molecule has 0 bridgehead atoms. The number of amides is 1. The summed E-state index contributed by atoms with van der Waals surface area (Å²) in [6.45, 7) is 1.80. The number of nitrogens with one attached hydrogen (secondary N) is 1. The lowest BCUT2D eigenvalue weighted by molar-refractivity contribution is 0.0921. The number of benzene rings is 2. The van der Waals surface area contributed by atoms with Crippen molar-refractivity contribution in [2.75, 3.05) is 24.5 Å². The molecular formula is C22H19F3N2O2. The second-order valence-electron chi connectivity index (χ2n) is 7.08. The Morgan fingerprint density at radius 2 is 1.83 bits per heavy atom. The largest absolute Gasteiger partial charge is 0.451 e. The summed E-state index contributed by atoms with van der Waals surface area (Å²) in [6, 6.07) is 12.9. The highest BCUT2D eigenvalue weighted by atomic mass is 19.2. The van der Waals surface area contributed by atoms with Crippen LogP contribution >= 0.6 is 0 Å². The van der Waals surface area contributed by atoms with Crippen molar-refractivity contribution in [3.63, 3.8) is 0 Å². The van der Waals surface area contributed by atoms with Gasteiger partial charge in [-0.3, -0.25) is 4.79 Å². The Bertz CT molecular complexity index is 1020. The van der Waals surface area contributed by atoms with Crippen molar-refractivity contribution >= 4 is 11.6 Å². The first-order valence-electron chi connectivity index (χ1n) is 9.33. The molecule has 0 spiro atoms. The van der Waals surface area contributed by atoms with Gasteiger partial charge in [0, 0.05) is 37.0 Å². The molecule has 1 N–H and O–H groups in total. The standard InChI is InChI=1S/C22H19F3N2O2/c23-16-3-1-15(2-4-16)20-7-8-21(29-20)22(28)26-12-14-9-10-27(13-14)17-5-6-18(24)19(25)11-17/h1-8,11,14H,9-10,12-13H2,(H,26,28). The van der Waals surface area contributed by atoms with Crippen LogP contribution in [0.5, 0.6) is 0 Å². The summed E-state index contributed by atoms with van der Waals surface area (Å²) in [5, 5.41) is 2.85. The zero-order valence-corrected chi connectivity index (χ0v) is 15.5. The summed E-state index contributed by atoms with van der Waals surface area (Å²) >= 11 is 0. The smallest absolute Gasteiger partial charge is 0.287 e. The van der Waals surface area contributed by atoms with Gasteiger partial charge in [-0.1, -0.05) is 0 Å². The summed E-state index contributed by atoms with van der Waals surface area (Å²) in [6.07, 6.45) is 0.832. The fourth-order valence-corrected chi connectivity index (χ4v) is 3.47. The van der Waals surface area contributed by atoms with Crippen LogP contribution in [0.15, 0.2) is 59.0 Å². The number of halogens is 3. The number of rotatable bonds is 5. The number of nitrogens with zero attached hydrogens (tertiary/aromatic N) is 1. The van der Waals surface area contributed by atoms with Gasteiger partial charge >= 0.3 is 0 Å². The third kappa shape index (κ3) is 4.29. The van der Waals surface area contributed by atoms with Gasteiger partial charge in [0.1, 0.15) is 11.6 Å². The van der Waals surface area contributed by atoms with Gasteiger partial charge in [-0.15, -0.1) is 0 Å². The first-order valence-corrected chi connectivity index (χ1v) is 9.33. The van der Waals surface area contributed by atoms with Gasteiger partial charge in [0.2, 0.25) is 0 Å². The minimum Gasteiger partial charge on any atom is -0.451 e. The van der Waals surface area contributed by atoms with E-state index in [9.17, 15) is 18.0 Å². The van der Waals surface area contributed by atoms with Crippen LogP contribution in [0.25, 0.3) is 11.3 Å². The highest BCUT2D eigenvalue weighted by Gasteiger charge is 2.24. The first kappa shape index (κ1) is 19.1. The summed E-state index contributed by atoms with van der Waals surface area (Å²) in [7, 11) is 0. The van der Waals surface area contributed by atoms with Crippen molar-refractivity contribution in [1.29, 1.82) is 0 Å². The van der Waals surface area contributed by atoms with E-state index in [2.05, 4.69) is 5.32 Å². The fraction of sp³-hybridized carbons (Fsp3) is 0.227. The topological polar surface area (TPSA) is 45.5 Å². The number of anilines is 1. The third-order valence-corrected chi connectivity index (χ3v) is 5.06. The van der Waals surface area contributed by atoms with Crippen molar-refractivity contribution in [2.45, 2.75) is 6.42 Å². The maximum atomic E-state index is 13.4. The lowest BCUT2D eigenvalue weighted by Crippen LogP contribution is -2.30. The van der Waals surface area contributed by atoms with Crippen LogP contribution in [-0.4, -0.2) is 25.5 Å². The van der Waals surface area contributed by atoms with Crippen molar-refractivity contribution < 1.29 is 22.4 Å². The second-order valence-corrected chi connectivity index (χ2v) is 7.08. The van der Waals surface area contributed by atoms with Crippen molar-refractivity contribution in [2.24, 2.45) is 5.92 Å². The molecule has 1 saturated heterocycles. The number of hydrogen-bond donors (Lipinski definition) is 1. The Labute approximate surface area is 165 Å². The first-order chi connectivity index (χ1) is 14.0. The molecule has 1 atom stereocenters. The van der Waals surface area contributed by atoms with Gasteiger partial charge in [-0.2, -0.15) is 0 Å². The van der Waals surface area contributed by atoms with E-state index in [1.54, 1.807) is 30.3 Å². The Kier molecular flexibility index (Phi) is 5.29. The summed E-state index contributed by atoms with van der Waals surface area (Å²) < 4.78 is 45.1. The van der Waals surface area contributed by atoms with Gasteiger partial charge in [0.25, 0.3) is 5.91 Å².